The van der Waals surface area contributed by atoms with E-state index in [1.165, 1.54) is 12.1 Å². The molecule has 10 heteroatoms. The number of likely N-dealkylation sites (tertiary alicyclic amines) is 1. The summed E-state index contributed by atoms with van der Waals surface area (Å²) in [6.45, 7) is 1.33. The molecule has 0 aliphatic carbocycles. The van der Waals surface area contributed by atoms with Gasteiger partial charge in [0.1, 0.15) is 5.56 Å². The molecule has 1 N–H and O–H groups in total. The van der Waals surface area contributed by atoms with Gasteiger partial charge in [0.15, 0.2) is 23.3 Å². The maximum Gasteiger partial charge on any atom is 0.416 e. The number of amides is 1. The number of carbonyl (C=O) groups excluding carboxylic acids is 1. The van der Waals surface area contributed by atoms with Crippen LogP contribution in [0.25, 0.3) is 0 Å². The van der Waals surface area contributed by atoms with E-state index in [4.69, 9.17) is 0 Å². The molecule has 3 nitrogen and oxygen atoms in total. The van der Waals surface area contributed by atoms with Crippen LogP contribution >= 0.6 is 0 Å². The lowest BCUT2D eigenvalue weighted by Gasteiger charge is -2.42. The predicted molar refractivity (Wildman–Crippen MR) is 128 cm³/mol. The summed E-state index contributed by atoms with van der Waals surface area (Å²) in [5.41, 5.74) is -1.58. The normalized spacial score (nSPS) is 15.9. The Bertz CT molecular complexity index is 1260. The molecule has 0 radical (unpaired) electrons. The number of carbonyl (C=O) groups is 1. The van der Waals surface area contributed by atoms with Crippen molar-refractivity contribution in [2.45, 2.75) is 30.9 Å². The lowest BCUT2D eigenvalue weighted by atomic mass is 9.72. The van der Waals surface area contributed by atoms with Crippen LogP contribution in [0.1, 0.15) is 39.9 Å². The van der Waals surface area contributed by atoms with Gasteiger partial charge in [-0.05, 0) is 49.5 Å². The number of nitrogens with one attached hydrogen (secondary N) is 1. The van der Waals surface area contributed by atoms with Crippen LogP contribution in [0.5, 0.6) is 0 Å². The second kappa shape index (κ2) is 11.1. The highest BCUT2D eigenvalue weighted by Crippen LogP contribution is 2.36. The molecule has 3 aromatic carbocycles. The molecule has 1 fully saturated rings. The largest absolute Gasteiger partial charge is 0.416 e. The molecule has 0 atom stereocenters. The number of hydrogen-bond donors (Lipinski definition) is 1. The minimum atomic E-state index is -4.44. The molecule has 0 aromatic heterocycles. The van der Waals surface area contributed by atoms with Gasteiger partial charge < -0.3 is 10.2 Å². The van der Waals surface area contributed by atoms with Crippen molar-refractivity contribution < 1.29 is 35.5 Å². The average Bonchev–Trinajstić information content (AvgIpc) is 2.90. The van der Waals surface area contributed by atoms with Gasteiger partial charge in [-0.1, -0.05) is 48.5 Å². The third-order valence-electron chi connectivity index (χ3n) is 7.15. The van der Waals surface area contributed by atoms with E-state index in [1.54, 1.807) is 18.2 Å². The summed E-state index contributed by atoms with van der Waals surface area (Å²) >= 11 is 0. The van der Waals surface area contributed by atoms with Gasteiger partial charge in [0, 0.05) is 24.6 Å². The molecular formula is C28H25F7N2O. The van der Waals surface area contributed by atoms with E-state index in [2.05, 4.69) is 5.32 Å². The summed E-state index contributed by atoms with van der Waals surface area (Å²) in [7, 11) is 0. The van der Waals surface area contributed by atoms with Crippen LogP contribution in [-0.2, 0) is 18.0 Å². The standard InChI is InChI=1S/C28H25F7N2O/c29-21-16-22(30)25(32)23(24(21)31)26(38)36-17-27(19-7-2-1-3-8-19)11-14-37(15-12-27)13-10-18-6-4-5-9-20(18)28(33,34)35/h1-9,16H,10-15,17H2,(H,36,38). The molecule has 202 valence electrons. The van der Waals surface area contributed by atoms with Crippen LogP contribution in [0.2, 0.25) is 0 Å². The molecule has 1 aliphatic heterocycles. The van der Waals surface area contributed by atoms with Gasteiger partial charge in [-0.25, -0.2) is 17.6 Å². The summed E-state index contributed by atoms with van der Waals surface area (Å²) < 4.78 is 95.5. The molecule has 0 saturated carbocycles. The maximum atomic E-state index is 14.1. The highest BCUT2D eigenvalue weighted by molar-refractivity contribution is 5.94. The van der Waals surface area contributed by atoms with Crippen molar-refractivity contribution in [3.8, 4) is 0 Å². The molecule has 1 heterocycles. The van der Waals surface area contributed by atoms with Crippen molar-refractivity contribution in [2.75, 3.05) is 26.2 Å². The van der Waals surface area contributed by atoms with Crippen molar-refractivity contribution in [3.63, 3.8) is 0 Å². The van der Waals surface area contributed by atoms with Crippen LogP contribution in [-0.4, -0.2) is 37.0 Å². The first-order chi connectivity index (χ1) is 18.0. The van der Waals surface area contributed by atoms with Crippen molar-refractivity contribution >= 4 is 5.91 Å². The molecule has 0 spiro atoms. The van der Waals surface area contributed by atoms with Crippen LogP contribution in [0.3, 0.4) is 0 Å². The fourth-order valence-electron chi connectivity index (χ4n) is 4.97. The number of halogens is 7. The number of alkyl halides is 3. The quantitative estimate of drug-likeness (QED) is 0.284. The van der Waals surface area contributed by atoms with Gasteiger partial charge >= 0.3 is 6.18 Å². The van der Waals surface area contributed by atoms with Gasteiger partial charge in [-0.15, -0.1) is 0 Å². The smallest absolute Gasteiger partial charge is 0.351 e. The second-order valence-corrected chi connectivity index (χ2v) is 9.42. The topological polar surface area (TPSA) is 32.3 Å². The molecular weight excluding hydrogens is 513 g/mol. The van der Waals surface area contributed by atoms with Gasteiger partial charge in [0.05, 0.1) is 5.56 Å². The fourth-order valence-corrected chi connectivity index (χ4v) is 4.97. The third kappa shape index (κ3) is 5.85. The van der Waals surface area contributed by atoms with Crippen molar-refractivity contribution in [2.24, 2.45) is 0 Å². The fraction of sp³-hybridized carbons (Fsp3) is 0.321. The Morgan fingerprint density at radius 1 is 0.868 bits per heavy atom. The van der Waals surface area contributed by atoms with E-state index in [-0.39, 0.29) is 24.6 Å². The number of benzene rings is 3. The van der Waals surface area contributed by atoms with Gasteiger partial charge in [-0.2, -0.15) is 13.2 Å². The summed E-state index contributed by atoms with van der Waals surface area (Å²) in [6.07, 6.45) is -3.27. The van der Waals surface area contributed by atoms with E-state index in [1.807, 2.05) is 23.1 Å². The average molecular weight is 539 g/mol. The van der Waals surface area contributed by atoms with Gasteiger partial charge in [0.25, 0.3) is 5.91 Å². The molecule has 1 aliphatic rings. The number of rotatable bonds is 7. The third-order valence-corrected chi connectivity index (χ3v) is 7.15. The monoisotopic (exact) mass is 538 g/mol. The minimum absolute atomic E-state index is 0.0374. The lowest BCUT2D eigenvalue weighted by molar-refractivity contribution is -0.138. The summed E-state index contributed by atoms with van der Waals surface area (Å²) in [6, 6.07) is 14.6. The van der Waals surface area contributed by atoms with E-state index in [0.29, 0.717) is 32.5 Å². The van der Waals surface area contributed by atoms with Crippen LogP contribution in [0.4, 0.5) is 30.7 Å². The van der Waals surface area contributed by atoms with Gasteiger partial charge in [-0.3, -0.25) is 4.79 Å². The summed E-state index contributed by atoms with van der Waals surface area (Å²) in [4.78, 5) is 14.6. The van der Waals surface area contributed by atoms with E-state index < -0.39 is 51.9 Å². The van der Waals surface area contributed by atoms with Crippen molar-refractivity contribution in [1.29, 1.82) is 0 Å². The molecule has 4 rings (SSSR count). The summed E-state index contributed by atoms with van der Waals surface area (Å²) in [5, 5.41) is 2.45. The molecule has 3 aromatic rings. The first-order valence-electron chi connectivity index (χ1n) is 12.1. The molecule has 1 amide bonds. The van der Waals surface area contributed by atoms with Crippen molar-refractivity contribution in [1.82, 2.24) is 10.2 Å². The Kier molecular flexibility index (Phi) is 8.10. The van der Waals surface area contributed by atoms with Gasteiger partial charge in [0.2, 0.25) is 0 Å². The Labute approximate surface area is 215 Å². The molecule has 0 unspecified atom stereocenters. The lowest BCUT2D eigenvalue weighted by Crippen LogP contribution is -2.49. The van der Waals surface area contributed by atoms with E-state index in [9.17, 15) is 35.5 Å². The highest BCUT2D eigenvalue weighted by atomic mass is 19.4. The van der Waals surface area contributed by atoms with Crippen LogP contribution < -0.4 is 5.32 Å². The molecule has 1 saturated heterocycles. The predicted octanol–water partition coefficient (Wildman–Crippen LogP) is 6.27. The number of nitrogens with zero attached hydrogens (tertiary/aromatic N) is 1. The van der Waals surface area contributed by atoms with E-state index >= 15 is 0 Å². The first kappa shape index (κ1) is 27.6. The SMILES string of the molecule is O=C(NCC1(c2ccccc2)CCN(CCc2ccccc2C(F)(F)F)CC1)c1c(F)c(F)cc(F)c1F. The van der Waals surface area contributed by atoms with Crippen LogP contribution in [0, 0.1) is 23.3 Å². The molecule has 38 heavy (non-hydrogen) atoms. The molecule has 0 bridgehead atoms. The second-order valence-electron chi connectivity index (χ2n) is 9.42. The Balaban J connectivity index is 1.47. The maximum absolute atomic E-state index is 14.1. The minimum Gasteiger partial charge on any atom is -0.351 e. The Hall–Kier alpha value is -3.40. The zero-order valence-electron chi connectivity index (χ0n) is 20.2. The first-order valence-corrected chi connectivity index (χ1v) is 12.1. The van der Waals surface area contributed by atoms with Crippen LogP contribution in [0.15, 0.2) is 60.7 Å². The Morgan fingerprint density at radius 2 is 1.45 bits per heavy atom. The zero-order valence-corrected chi connectivity index (χ0v) is 20.2. The summed E-state index contributed by atoms with van der Waals surface area (Å²) in [5.74, 6) is -8.17. The number of piperidine rings is 1. The van der Waals surface area contributed by atoms with Crippen molar-refractivity contribution in [3.05, 3.63) is 106 Å². The Morgan fingerprint density at radius 3 is 2.05 bits per heavy atom. The highest BCUT2D eigenvalue weighted by Gasteiger charge is 2.38. The number of hydrogen-bond acceptors (Lipinski definition) is 2. The van der Waals surface area contributed by atoms with E-state index in [0.717, 1.165) is 11.6 Å². The zero-order chi connectivity index (χ0) is 27.5.